The van der Waals surface area contributed by atoms with Gasteiger partial charge in [-0.2, -0.15) is 0 Å². The summed E-state index contributed by atoms with van der Waals surface area (Å²) in [4.78, 5) is 14.0. The molecule has 0 radical (unpaired) electrons. The summed E-state index contributed by atoms with van der Waals surface area (Å²) in [5, 5.41) is 3.72. The third-order valence-electron chi connectivity index (χ3n) is 4.33. The fraction of sp³-hybridized carbons (Fsp3) is 0.533. The molecule has 2 fully saturated rings. The lowest BCUT2D eigenvalue weighted by atomic mass is 9.89. The molecule has 1 aromatic rings. The molecule has 0 aromatic heterocycles. The molecule has 2 heterocycles. The molecule has 2 aliphatic rings. The fourth-order valence-corrected chi connectivity index (χ4v) is 3.33. The summed E-state index contributed by atoms with van der Waals surface area (Å²) in [5.74, 6) is 0.822. The number of carbonyl (C=O) groups is 1. The third-order valence-corrected chi connectivity index (χ3v) is 4.58. The van der Waals surface area contributed by atoms with Crippen molar-refractivity contribution >= 4 is 17.5 Å². The first-order chi connectivity index (χ1) is 9.24. The zero-order chi connectivity index (χ0) is 13.2. The maximum absolute atomic E-state index is 11.7. The highest BCUT2D eigenvalue weighted by Gasteiger charge is 2.32. The van der Waals surface area contributed by atoms with Crippen molar-refractivity contribution in [3.05, 3.63) is 34.9 Å². The van der Waals surface area contributed by atoms with Crippen molar-refractivity contribution in [3.8, 4) is 0 Å². The Balaban J connectivity index is 1.60. The summed E-state index contributed by atoms with van der Waals surface area (Å²) >= 11 is 5.92. The van der Waals surface area contributed by atoms with E-state index < -0.39 is 0 Å². The van der Waals surface area contributed by atoms with E-state index in [1.54, 1.807) is 0 Å². The maximum Gasteiger partial charge on any atom is 0.237 e. The van der Waals surface area contributed by atoms with Gasteiger partial charge >= 0.3 is 0 Å². The second kappa shape index (κ2) is 5.51. The van der Waals surface area contributed by atoms with E-state index in [1.807, 2.05) is 12.1 Å². The van der Waals surface area contributed by atoms with Crippen molar-refractivity contribution < 1.29 is 4.79 Å². The van der Waals surface area contributed by atoms with Crippen LogP contribution in [-0.4, -0.2) is 36.5 Å². The highest BCUT2D eigenvalue weighted by Crippen LogP contribution is 2.30. The van der Waals surface area contributed by atoms with Crippen molar-refractivity contribution in [3.63, 3.8) is 0 Å². The van der Waals surface area contributed by atoms with Gasteiger partial charge < -0.3 is 5.32 Å². The zero-order valence-electron chi connectivity index (χ0n) is 10.9. The average Bonchev–Trinajstić information content (AvgIpc) is 2.86. The van der Waals surface area contributed by atoms with Gasteiger partial charge in [0, 0.05) is 11.6 Å². The zero-order valence-corrected chi connectivity index (χ0v) is 11.7. The molecule has 2 aliphatic heterocycles. The first kappa shape index (κ1) is 12.9. The van der Waals surface area contributed by atoms with Gasteiger partial charge in [0.2, 0.25) is 5.91 Å². The normalized spacial score (nSPS) is 25.5. The molecule has 1 aromatic carbocycles. The number of nitrogens with one attached hydrogen (secondary N) is 1. The second-order valence-corrected chi connectivity index (χ2v) is 5.89. The van der Waals surface area contributed by atoms with E-state index in [4.69, 9.17) is 11.6 Å². The number of rotatable bonds is 2. The Morgan fingerprint density at radius 2 is 1.79 bits per heavy atom. The number of piperidine rings is 1. The van der Waals surface area contributed by atoms with Crippen LogP contribution in [-0.2, 0) is 4.79 Å². The Labute approximate surface area is 118 Å². The summed E-state index contributed by atoms with van der Waals surface area (Å²) in [7, 11) is 0. The number of amides is 1. The largest absolute Gasteiger partial charge is 0.355 e. The van der Waals surface area contributed by atoms with E-state index >= 15 is 0 Å². The maximum atomic E-state index is 11.7. The minimum absolute atomic E-state index is 0.117. The molecular weight excluding hydrogens is 260 g/mol. The SMILES string of the molecule is O=C1NCC[C@@H]1N1CCC(c2ccc(Cl)cc2)CC1. The van der Waals surface area contributed by atoms with Gasteiger partial charge in [-0.25, -0.2) is 0 Å². The van der Waals surface area contributed by atoms with E-state index in [0.29, 0.717) is 5.92 Å². The van der Waals surface area contributed by atoms with Gasteiger partial charge in [0.1, 0.15) is 0 Å². The summed E-state index contributed by atoms with van der Waals surface area (Å²) < 4.78 is 0. The number of carbonyl (C=O) groups excluding carboxylic acids is 1. The molecule has 3 rings (SSSR count). The summed E-state index contributed by atoms with van der Waals surface area (Å²) in [6.45, 7) is 2.87. The Morgan fingerprint density at radius 3 is 2.37 bits per heavy atom. The van der Waals surface area contributed by atoms with Crippen molar-refractivity contribution in [1.82, 2.24) is 10.2 Å². The van der Waals surface area contributed by atoms with Crippen molar-refractivity contribution in [2.24, 2.45) is 0 Å². The van der Waals surface area contributed by atoms with Crippen LogP contribution >= 0.6 is 11.6 Å². The number of nitrogens with zero attached hydrogens (tertiary/aromatic N) is 1. The monoisotopic (exact) mass is 278 g/mol. The molecule has 0 bridgehead atoms. The molecule has 0 saturated carbocycles. The lowest BCUT2D eigenvalue weighted by Crippen LogP contribution is -2.44. The molecule has 0 unspecified atom stereocenters. The van der Waals surface area contributed by atoms with Crippen LogP contribution in [0.4, 0.5) is 0 Å². The molecule has 19 heavy (non-hydrogen) atoms. The molecule has 1 amide bonds. The molecule has 0 aliphatic carbocycles. The van der Waals surface area contributed by atoms with Crippen LogP contribution in [0.3, 0.4) is 0 Å². The van der Waals surface area contributed by atoms with Crippen LogP contribution < -0.4 is 5.32 Å². The fourth-order valence-electron chi connectivity index (χ4n) is 3.21. The molecule has 102 valence electrons. The van der Waals surface area contributed by atoms with Gasteiger partial charge in [-0.15, -0.1) is 0 Å². The molecule has 4 heteroatoms. The predicted molar refractivity (Wildman–Crippen MR) is 76.4 cm³/mol. The van der Waals surface area contributed by atoms with Crippen LogP contribution in [0.2, 0.25) is 5.02 Å². The third kappa shape index (κ3) is 2.77. The topological polar surface area (TPSA) is 32.3 Å². The second-order valence-electron chi connectivity index (χ2n) is 5.46. The standard InChI is InChI=1S/C15H19ClN2O/c16-13-3-1-11(2-4-13)12-6-9-18(10-7-12)14-5-8-17-15(14)19/h1-4,12,14H,5-10H2,(H,17,19)/t14-/m0/s1. The van der Waals surface area contributed by atoms with Crippen LogP contribution in [0.25, 0.3) is 0 Å². The quantitative estimate of drug-likeness (QED) is 0.901. The van der Waals surface area contributed by atoms with Crippen molar-refractivity contribution in [2.45, 2.75) is 31.2 Å². The average molecular weight is 279 g/mol. The molecular formula is C15H19ClN2O. The summed E-state index contributed by atoms with van der Waals surface area (Å²) in [6, 6.07) is 8.31. The van der Waals surface area contributed by atoms with E-state index in [2.05, 4.69) is 22.3 Å². The summed E-state index contributed by atoms with van der Waals surface area (Å²) in [6.07, 6.45) is 3.22. The van der Waals surface area contributed by atoms with E-state index in [-0.39, 0.29) is 11.9 Å². The van der Waals surface area contributed by atoms with Gasteiger partial charge in [-0.05, 0) is 56.0 Å². The number of likely N-dealkylation sites (tertiary alicyclic amines) is 1. The predicted octanol–water partition coefficient (Wildman–Crippen LogP) is 2.41. The number of halogens is 1. The smallest absolute Gasteiger partial charge is 0.237 e. The van der Waals surface area contributed by atoms with Crippen LogP contribution in [0, 0.1) is 0 Å². The van der Waals surface area contributed by atoms with Gasteiger partial charge in [-0.3, -0.25) is 9.69 Å². The Hall–Kier alpha value is -1.06. The first-order valence-electron chi connectivity index (χ1n) is 7.01. The van der Waals surface area contributed by atoms with E-state index in [1.165, 1.54) is 5.56 Å². The minimum Gasteiger partial charge on any atom is -0.355 e. The molecule has 1 atom stereocenters. The number of benzene rings is 1. The first-order valence-corrected chi connectivity index (χ1v) is 7.39. The molecule has 0 spiro atoms. The molecule has 1 N–H and O–H groups in total. The molecule has 3 nitrogen and oxygen atoms in total. The van der Waals surface area contributed by atoms with E-state index in [0.717, 1.165) is 43.9 Å². The highest BCUT2D eigenvalue weighted by molar-refractivity contribution is 6.30. The van der Waals surface area contributed by atoms with Crippen LogP contribution in [0.1, 0.15) is 30.7 Å². The Kier molecular flexibility index (Phi) is 3.76. The van der Waals surface area contributed by atoms with Crippen LogP contribution in [0.15, 0.2) is 24.3 Å². The Bertz CT molecular complexity index is 452. The van der Waals surface area contributed by atoms with Crippen molar-refractivity contribution in [1.29, 1.82) is 0 Å². The summed E-state index contributed by atoms with van der Waals surface area (Å²) in [5.41, 5.74) is 1.37. The van der Waals surface area contributed by atoms with Gasteiger partial charge in [0.05, 0.1) is 6.04 Å². The van der Waals surface area contributed by atoms with Crippen LogP contribution in [0.5, 0.6) is 0 Å². The van der Waals surface area contributed by atoms with Gasteiger partial charge in [0.25, 0.3) is 0 Å². The highest BCUT2D eigenvalue weighted by atomic mass is 35.5. The van der Waals surface area contributed by atoms with Crippen molar-refractivity contribution in [2.75, 3.05) is 19.6 Å². The van der Waals surface area contributed by atoms with E-state index in [9.17, 15) is 4.79 Å². The Morgan fingerprint density at radius 1 is 1.11 bits per heavy atom. The van der Waals surface area contributed by atoms with Gasteiger partial charge in [0.15, 0.2) is 0 Å². The minimum atomic E-state index is 0.117. The lowest BCUT2D eigenvalue weighted by molar-refractivity contribution is -0.124. The van der Waals surface area contributed by atoms with Gasteiger partial charge in [-0.1, -0.05) is 23.7 Å². The number of hydrogen-bond acceptors (Lipinski definition) is 2. The lowest BCUT2D eigenvalue weighted by Gasteiger charge is -2.34. The molecule has 2 saturated heterocycles. The number of hydrogen-bond donors (Lipinski definition) is 1.